The van der Waals surface area contributed by atoms with Gasteiger partial charge in [-0.05, 0) is 25.1 Å². The number of halogens is 2. The van der Waals surface area contributed by atoms with Gasteiger partial charge in [-0.25, -0.2) is 8.78 Å². The Labute approximate surface area is 115 Å². The van der Waals surface area contributed by atoms with Crippen molar-refractivity contribution in [3.05, 3.63) is 34.2 Å². The zero-order valence-corrected chi connectivity index (χ0v) is 11.9. The van der Waals surface area contributed by atoms with Crippen LogP contribution in [0.1, 0.15) is 23.8 Å². The van der Waals surface area contributed by atoms with Crippen LogP contribution in [0.25, 0.3) is 10.1 Å². The monoisotopic (exact) mass is 285 g/mol. The molecule has 0 aliphatic heterocycles. The normalized spacial score (nSPS) is 11.4. The lowest BCUT2D eigenvalue weighted by Crippen LogP contribution is -2.13. The highest BCUT2D eigenvalue weighted by Crippen LogP contribution is 2.33. The maximum atomic E-state index is 13.4. The molecule has 0 fully saturated rings. The number of hydrogen-bond acceptors (Lipinski definition) is 3. The molecule has 0 bridgehead atoms. The fraction of sp³-hybridized carbons (Fsp3) is 0.429. The van der Waals surface area contributed by atoms with E-state index in [0.717, 1.165) is 33.5 Å². The molecule has 0 amide bonds. The van der Waals surface area contributed by atoms with Gasteiger partial charge >= 0.3 is 0 Å². The molecular formula is C14H17F2NOS. The Hall–Kier alpha value is -1.04. The van der Waals surface area contributed by atoms with Crippen molar-refractivity contribution in [1.82, 2.24) is 5.32 Å². The average molecular weight is 285 g/mol. The average Bonchev–Trinajstić information content (AvgIpc) is 2.69. The number of rotatable bonds is 6. The summed E-state index contributed by atoms with van der Waals surface area (Å²) in [4.78, 5) is 1.08. The number of benzene rings is 1. The van der Waals surface area contributed by atoms with Crippen molar-refractivity contribution in [1.29, 1.82) is 0 Å². The summed E-state index contributed by atoms with van der Waals surface area (Å²) in [6.07, 6.45) is 1.05. The number of thiophene rings is 1. The summed E-state index contributed by atoms with van der Waals surface area (Å²) in [6, 6.07) is 2.52. The zero-order chi connectivity index (χ0) is 13.8. The van der Waals surface area contributed by atoms with Crippen LogP contribution in [0.3, 0.4) is 0 Å². The lowest BCUT2D eigenvalue weighted by Gasteiger charge is -2.05. The van der Waals surface area contributed by atoms with Crippen molar-refractivity contribution in [2.75, 3.05) is 13.7 Å². The van der Waals surface area contributed by atoms with Crippen molar-refractivity contribution in [2.45, 2.75) is 26.5 Å². The number of fused-ring (bicyclic) bond motifs is 1. The van der Waals surface area contributed by atoms with Crippen LogP contribution in [0.2, 0.25) is 0 Å². The number of nitrogens with one attached hydrogen (secondary N) is 1. The Kier molecular flexibility index (Phi) is 4.85. The first-order valence-corrected chi connectivity index (χ1v) is 7.08. The molecule has 104 valence electrons. The first-order chi connectivity index (χ1) is 9.17. The van der Waals surface area contributed by atoms with Gasteiger partial charge < -0.3 is 10.1 Å². The molecule has 2 nitrogen and oxygen atoms in total. The van der Waals surface area contributed by atoms with Gasteiger partial charge in [0.2, 0.25) is 0 Å². The lowest BCUT2D eigenvalue weighted by atomic mass is 10.1. The molecule has 2 aromatic rings. The molecule has 0 saturated carbocycles. The minimum absolute atomic E-state index is 0.411. The van der Waals surface area contributed by atoms with Gasteiger partial charge in [0.05, 0.1) is 6.61 Å². The summed E-state index contributed by atoms with van der Waals surface area (Å²) in [5, 5.41) is 4.06. The Morgan fingerprint density at radius 3 is 2.68 bits per heavy atom. The quantitative estimate of drug-likeness (QED) is 0.815. The van der Waals surface area contributed by atoms with E-state index in [1.165, 1.54) is 23.5 Å². The van der Waals surface area contributed by atoms with Gasteiger partial charge in [0, 0.05) is 34.2 Å². The number of methoxy groups -OCH3 is 1. The minimum Gasteiger partial charge on any atom is -0.380 e. The van der Waals surface area contributed by atoms with Gasteiger partial charge in [-0.1, -0.05) is 6.92 Å². The van der Waals surface area contributed by atoms with Crippen LogP contribution in [0.5, 0.6) is 0 Å². The summed E-state index contributed by atoms with van der Waals surface area (Å²) in [5.41, 5.74) is 0.949. The van der Waals surface area contributed by atoms with Crippen molar-refractivity contribution in [2.24, 2.45) is 0 Å². The van der Waals surface area contributed by atoms with Gasteiger partial charge in [-0.3, -0.25) is 0 Å². The molecule has 0 saturated heterocycles. The van der Waals surface area contributed by atoms with Crippen molar-refractivity contribution < 1.29 is 13.5 Å². The van der Waals surface area contributed by atoms with Crippen molar-refractivity contribution in [3.8, 4) is 0 Å². The topological polar surface area (TPSA) is 21.3 Å². The third-order valence-corrected chi connectivity index (χ3v) is 4.11. The molecule has 0 atom stereocenters. The second-order valence-electron chi connectivity index (χ2n) is 4.38. The second kappa shape index (κ2) is 6.41. The molecule has 1 N–H and O–H groups in total. The predicted molar refractivity (Wildman–Crippen MR) is 74.5 cm³/mol. The molecule has 1 aromatic heterocycles. The van der Waals surface area contributed by atoms with E-state index in [1.54, 1.807) is 7.11 Å². The van der Waals surface area contributed by atoms with Crippen LogP contribution in [0.4, 0.5) is 8.78 Å². The largest absolute Gasteiger partial charge is 0.380 e. The van der Waals surface area contributed by atoms with Crippen molar-refractivity contribution >= 4 is 21.4 Å². The fourth-order valence-corrected chi connectivity index (χ4v) is 3.20. The molecule has 0 spiro atoms. The maximum absolute atomic E-state index is 13.4. The first kappa shape index (κ1) is 14.4. The second-order valence-corrected chi connectivity index (χ2v) is 5.51. The van der Waals surface area contributed by atoms with E-state index < -0.39 is 11.6 Å². The van der Waals surface area contributed by atoms with Crippen LogP contribution in [-0.2, 0) is 17.9 Å². The van der Waals surface area contributed by atoms with Gasteiger partial charge in [-0.15, -0.1) is 11.3 Å². The van der Waals surface area contributed by atoms with E-state index in [1.807, 2.05) is 0 Å². The number of ether oxygens (including phenoxy) is 1. The van der Waals surface area contributed by atoms with Crippen molar-refractivity contribution in [3.63, 3.8) is 0 Å². The molecule has 2 rings (SSSR count). The highest BCUT2D eigenvalue weighted by atomic mass is 32.1. The maximum Gasteiger partial charge on any atom is 0.160 e. The van der Waals surface area contributed by atoms with E-state index in [0.29, 0.717) is 13.2 Å². The molecule has 0 aliphatic rings. The molecule has 0 aliphatic carbocycles. The minimum atomic E-state index is -0.810. The Balaban J connectivity index is 2.41. The summed E-state index contributed by atoms with van der Waals surface area (Å²) < 4.78 is 32.6. The molecule has 19 heavy (non-hydrogen) atoms. The van der Waals surface area contributed by atoms with E-state index in [4.69, 9.17) is 4.74 Å². The van der Waals surface area contributed by atoms with Crippen LogP contribution in [-0.4, -0.2) is 13.7 Å². The summed E-state index contributed by atoms with van der Waals surface area (Å²) in [7, 11) is 1.60. The highest BCUT2D eigenvalue weighted by Gasteiger charge is 2.14. The van der Waals surface area contributed by atoms with Crippen LogP contribution in [0, 0.1) is 11.6 Å². The molecular weight excluding hydrogens is 268 g/mol. The zero-order valence-electron chi connectivity index (χ0n) is 11.1. The van der Waals surface area contributed by atoms with Gasteiger partial charge in [0.25, 0.3) is 0 Å². The highest BCUT2D eigenvalue weighted by molar-refractivity contribution is 7.19. The van der Waals surface area contributed by atoms with E-state index in [9.17, 15) is 8.78 Å². The SMILES string of the molecule is CCCNCc1sc2cc(F)c(F)cc2c1COC. The standard InChI is InChI=1S/C14H17F2NOS/c1-3-4-17-7-14-10(8-18-2)9-5-11(15)12(16)6-13(9)19-14/h5-6,17H,3-4,7-8H2,1-2H3. The fourth-order valence-electron chi connectivity index (χ4n) is 2.02. The van der Waals surface area contributed by atoms with Gasteiger partial charge in [0.15, 0.2) is 11.6 Å². The predicted octanol–water partition coefficient (Wildman–Crippen LogP) is 3.83. The van der Waals surface area contributed by atoms with Crippen LogP contribution < -0.4 is 5.32 Å². The van der Waals surface area contributed by atoms with Gasteiger partial charge in [0.1, 0.15) is 0 Å². The summed E-state index contributed by atoms with van der Waals surface area (Å²) >= 11 is 1.49. The molecule has 0 radical (unpaired) electrons. The third kappa shape index (κ3) is 3.11. The molecule has 1 aromatic carbocycles. The summed E-state index contributed by atoms with van der Waals surface area (Å²) in [6.45, 7) is 4.13. The van der Waals surface area contributed by atoms with Crippen LogP contribution >= 0.6 is 11.3 Å². The molecule has 1 heterocycles. The van der Waals surface area contributed by atoms with E-state index in [-0.39, 0.29) is 0 Å². The Bertz CT molecular complexity index is 568. The lowest BCUT2D eigenvalue weighted by molar-refractivity contribution is 0.185. The van der Waals surface area contributed by atoms with Crippen LogP contribution in [0.15, 0.2) is 12.1 Å². The third-order valence-electron chi connectivity index (χ3n) is 2.92. The van der Waals surface area contributed by atoms with Gasteiger partial charge in [-0.2, -0.15) is 0 Å². The number of hydrogen-bond donors (Lipinski definition) is 1. The molecule has 0 unspecified atom stereocenters. The Morgan fingerprint density at radius 2 is 2.00 bits per heavy atom. The summed E-state index contributed by atoms with van der Waals surface area (Å²) in [5.74, 6) is -1.61. The smallest absolute Gasteiger partial charge is 0.160 e. The van der Waals surface area contributed by atoms with E-state index >= 15 is 0 Å². The molecule has 5 heteroatoms. The first-order valence-electron chi connectivity index (χ1n) is 6.26. The van der Waals surface area contributed by atoms with E-state index in [2.05, 4.69) is 12.2 Å². The Morgan fingerprint density at radius 1 is 1.26 bits per heavy atom.